The van der Waals surface area contributed by atoms with Gasteiger partial charge in [-0.3, -0.25) is 9.97 Å². The lowest BCUT2D eigenvalue weighted by atomic mass is 10.7. The van der Waals surface area contributed by atoms with E-state index in [1.54, 1.807) is 44.8 Å². The number of aromatic nitrogens is 12. The molecule has 12 nitrogen and oxygen atoms in total. The largest absolute Gasteiger partial charge is 0.262 e. The van der Waals surface area contributed by atoms with Gasteiger partial charge in [0.2, 0.25) is 0 Å². The van der Waals surface area contributed by atoms with E-state index in [4.69, 9.17) is 0 Å². The summed E-state index contributed by atoms with van der Waals surface area (Å²) in [5, 5.41) is 21.5. The molecule has 0 aliphatic heterocycles. The summed E-state index contributed by atoms with van der Waals surface area (Å²) in [6, 6.07) is 0. The SMILES string of the molecule is CC.CC.CC.CC.CC.CC.Cc1nnc(C)nn1.c1cnccn1.c1cnncn1.c1ncncn1. The van der Waals surface area contributed by atoms with Crippen LogP contribution in [0, 0.1) is 13.8 Å². The molecule has 0 saturated heterocycles. The summed E-state index contributed by atoms with van der Waals surface area (Å²) in [5.74, 6) is 1.21. The van der Waals surface area contributed by atoms with Crippen molar-refractivity contribution in [2.45, 2.75) is 96.9 Å². The van der Waals surface area contributed by atoms with Gasteiger partial charge in [-0.15, -0.1) is 25.5 Å². The number of nitrogens with zero attached hydrogens (tertiary/aromatic N) is 12. The molecule has 38 heavy (non-hydrogen) atoms. The molecule has 0 spiro atoms. The Morgan fingerprint density at radius 2 is 0.605 bits per heavy atom. The highest BCUT2D eigenvalue weighted by atomic mass is 15.3. The van der Waals surface area contributed by atoms with Crippen LogP contribution in [-0.2, 0) is 0 Å². The first-order valence-corrected chi connectivity index (χ1v) is 13.1. The third-order valence-corrected chi connectivity index (χ3v) is 1.96. The van der Waals surface area contributed by atoms with Crippen LogP contribution >= 0.6 is 0 Å². The van der Waals surface area contributed by atoms with Crippen molar-refractivity contribution in [3.8, 4) is 0 Å². The maximum Gasteiger partial charge on any atom is 0.170 e. The molecule has 4 aromatic rings. The van der Waals surface area contributed by atoms with Gasteiger partial charge in [0, 0.05) is 31.0 Å². The molecule has 0 radical (unpaired) electrons. The molecule has 0 atom stereocenters. The van der Waals surface area contributed by atoms with E-state index in [0.29, 0.717) is 11.6 Å². The van der Waals surface area contributed by atoms with Crippen LogP contribution in [-0.4, -0.2) is 60.5 Å². The quantitative estimate of drug-likeness (QED) is 0.251. The number of rotatable bonds is 0. The highest BCUT2D eigenvalue weighted by Crippen LogP contribution is 1.78. The van der Waals surface area contributed by atoms with E-state index in [2.05, 4.69) is 60.5 Å². The van der Waals surface area contributed by atoms with E-state index in [0.717, 1.165) is 0 Å². The number of aryl methyl sites for hydroxylation is 2. The van der Waals surface area contributed by atoms with E-state index in [1.165, 1.54) is 31.5 Å². The standard InChI is InChI=1S/C4H6N4.C4H4N2.2C3H3N3.6C2H6/c1-3-5-7-4(2)8-6-3;1-2-6-4-3-5-1;1-4-2-6-3-5-1;1-2-5-6-3-4-1;6*1-2/h1-2H3;1-4H;2*1-3H;6*1-2H3. The Kier molecular flexibility index (Phi) is 73.0. The summed E-state index contributed by atoms with van der Waals surface area (Å²) in [7, 11) is 0. The molecular weight excluding hydrogens is 480 g/mol. The van der Waals surface area contributed by atoms with Gasteiger partial charge in [-0.2, -0.15) is 5.10 Å². The van der Waals surface area contributed by atoms with Crippen molar-refractivity contribution in [3.63, 3.8) is 0 Å². The minimum Gasteiger partial charge on any atom is -0.262 e. The molecule has 4 heterocycles. The molecule has 0 aliphatic rings. The fourth-order valence-electron chi connectivity index (χ4n) is 0.993. The van der Waals surface area contributed by atoms with Gasteiger partial charge in [-0.25, -0.2) is 19.9 Å². The second-order valence-corrected chi connectivity index (χ2v) is 3.98. The summed E-state index contributed by atoms with van der Waals surface area (Å²) < 4.78 is 0. The zero-order valence-corrected chi connectivity index (χ0v) is 26.1. The van der Waals surface area contributed by atoms with Gasteiger partial charge < -0.3 is 0 Å². The summed E-state index contributed by atoms with van der Waals surface area (Å²) >= 11 is 0. The lowest BCUT2D eigenvalue weighted by Crippen LogP contribution is -1.97. The van der Waals surface area contributed by atoms with Crippen molar-refractivity contribution in [1.82, 2.24) is 60.5 Å². The molecule has 0 aromatic carbocycles. The van der Waals surface area contributed by atoms with Crippen molar-refractivity contribution in [3.05, 3.63) is 74.1 Å². The van der Waals surface area contributed by atoms with Crippen LogP contribution in [0.5, 0.6) is 0 Å². The van der Waals surface area contributed by atoms with Crippen LogP contribution in [0.25, 0.3) is 0 Å². The Hall–Kier alpha value is -3.96. The van der Waals surface area contributed by atoms with Gasteiger partial charge in [-0.1, -0.05) is 83.1 Å². The van der Waals surface area contributed by atoms with Crippen LogP contribution in [0.3, 0.4) is 0 Å². The van der Waals surface area contributed by atoms with Crippen molar-refractivity contribution in [2.75, 3.05) is 0 Å². The van der Waals surface area contributed by atoms with Crippen molar-refractivity contribution in [2.24, 2.45) is 0 Å². The smallest absolute Gasteiger partial charge is 0.170 e. The minimum absolute atomic E-state index is 0.607. The first-order valence-electron chi connectivity index (χ1n) is 13.1. The zero-order valence-electron chi connectivity index (χ0n) is 26.1. The molecule has 0 saturated carbocycles. The van der Waals surface area contributed by atoms with E-state index in [1.807, 2.05) is 83.1 Å². The molecule has 0 bridgehead atoms. The number of hydrogen-bond acceptors (Lipinski definition) is 12. The topological polar surface area (TPSA) is 155 Å². The first kappa shape index (κ1) is 47.3. The molecule has 4 rings (SSSR count). The van der Waals surface area contributed by atoms with Crippen LogP contribution in [0.4, 0.5) is 0 Å². The zero-order chi connectivity index (χ0) is 30.7. The first-order chi connectivity index (χ1) is 18.8. The molecular formula is C26H52N12. The molecule has 0 unspecified atom stereocenters. The van der Waals surface area contributed by atoms with Gasteiger partial charge in [0.1, 0.15) is 25.3 Å². The summed E-state index contributed by atoms with van der Waals surface area (Å²) in [6.45, 7) is 27.5. The lowest BCUT2D eigenvalue weighted by molar-refractivity contribution is 0.767. The van der Waals surface area contributed by atoms with Gasteiger partial charge >= 0.3 is 0 Å². The predicted molar refractivity (Wildman–Crippen MR) is 157 cm³/mol. The summed E-state index contributed by atoms with van der Waals surface area (Å²) in [6.07, 6.45) is 15.4. The van der Waals surface area contributed by atoms with E-state index < -0.39 is 0 Å². The fourth-order valence-corrected chi connectivity index (χ4v) is 0.993. The van der Waals surface area contributed by atoms with Gasteiger partial charge in [0.15, 0.2) is 11.6 Å². The second kappa shape index (κ2) is 58.7. The Balaban J connectivity index is -0.0000000797. The second-order valence-electron chi connectivity index (χ2n) is 3.98. The van der Waals surface area contributed by atoms with Gasteiger partial charge in [0.25, 0.3) is 0 Å². The Bertz CT molecular complexity index is 588. The van der Waals surface area contributed by atoms with Crippen LogP contribution < -0.4 is 0 Å². The normalized spacial score (nSPS) is 6.68. The summed E-state index contributed by atoms with van der Waals surface area (Å²) in [5.41, 5.74) is 0. The van der Waals surface area contributed by atoms with Crippen molar-refractivity contribution < 1.29 is 0 Å². The molecule has 12 heteroatoms. The lowest BCUT2D eigenvalue weighted by Gasteiger charge is -1.85. The van der Waals surface area contributed by atoms with Crippen LogP contribution in [0.15, 0.2) is 62.5 Å². The average Bonchev–Trinajstić information content (AvgIpc) is 3.08. The minimum atomic E-state index is 0.607. The van der Waals surface area contributed by atoms with E-state index in [9.17, 15) is 0 Å². The fraction of sp³-hybridized carbons (Fsp3) is 0.538. The third-order valence-electron chi connectivity index (χ3n) is 1.96. The molecule has 0 N–H and O–H groups in total. The number of hydrogen-bond donors (Lipinski definition) is 0. The molecule has 4 aromatic heterocycles. The predicted octanol–water partition coefficient (Wildman–Crippen LogP) is 6.26. The molecule has 216 valence electrons. The third kappa shape index (κ3) is 53.4. The van der Waals surface area contributed by atoms with Gasteiger partial charge in [0.05, 0.1) is 6.20 Å². The Morgan fingerprint density at radius 3 is 0.737 bits per heavy atom. The highest BCUT2D eigenvalue weighted by Gasteiger charge is 1.86. The highest BCUT2D eigenvalue weighted by molar-refractivity contribution is 4.74. The van der Waals surface area contributed by atoms with Crippen LogP contribution in [0.2, 0.25) is 0 Å². The maximum absolute atomic E-state index is 3.72. The molecule has 0 amide bonds. The molecule has 0 fully saturated rings. The van der Waals surface area contributed by atoms with Crippen molar-refractivity contribution >= 4 is 0 Å². The van der Waals surface area contributed by atoms with Gasteiger partial charge in [-0.05, 0) is 13.8 Å². The van der Waals surface area contributed by atoms with E-state index >= 15 is 0 Å². The van der Waals surface area contributed by atoms with Crippen molar-refractivity contribution in [1.29, 1.82) is 0 Å². The Labute approximate surface area is 231 Å². The monoisotopic (exact) mass is 532 g/mol. The Morgan fingerprint density at radius 1 is 0.316 bits per heavy atom. The molecule has 0 aliphatic carbocycles. The summed E-state index contributed by atoms with van der Waals surface area (Å²) in [4.78, 5) is 21.7. The van der Waals surface area contributed by atoms with E-state index in [-0.39, 0.29) is 0 Å². The average molecular weight is 533 g/mol. The van der Waals surface area contributed by atoms with Crippen LogP contribution in [0.1, 0.15) is 94.7 Å². The maximum atomic E-state index is 3.72.